The second-order valence-corrected chi connectivity index (χ2v) is 8.93. The van der Waals surface area contributed by atoms with Crippen LogP contribution >= 0.6 is 11.3 Å². The minimum absolute atomic E-state index is 0.340. The second kappa shape index (κ2) is 9.04. The van der Waals surface area contributed by atoms with Crippen molar-refractivity contribution in [3.8, 4) is 11.5 Å². The number of thiazole rings is 1. The van der Waals surface area contributed by atoms with Gasteiger partial charge in [0.05, 0.1) is 10.2 Å². The quantitative estimate of drug-likeness (QED) is 0.591. The van der Waals surface area contributed by atoms with Gasteiger partial charge >= 0.3 is 11.8 Å². The highest BCUT2D eigenvalue weighted by atomic mass is 32.1. The molecule has 3 heterocycles. The molecular weight excluding hydrogens is 428 g/mol. The van der Waals surface area contributed by atoms with Crippen molar-refractivity contribution in [2.75, 3.05) is 43.1 Å². The van der Waals surface area contributed by atoms with Crippen molar-refractivity contribution in [1.29, 1.82) is 0 Å². The fourth-order valence-corrected chi connectivity index (χ4v) is 4.97. The van der Waals surface area contributed by atoms with Crippen molar-refractivity contribution < 1.29 is 19.1 Å². The standard InChI is InChI=1S/C23H24N4O4S/c28-21(22(29)25-16-5-6-18-19(13-16)31-12-11-30-18)24-14-15-7-9-27(10-8-15)23-26-17-3-1-2-4-20(17)32-23/h1-6,13,15H,7-12,14H2,(H,24,28)(H,25,29). The third kappa shape index (κ3) is 4.47. The van der Waals surface area contributed by atoms with Crippen molar-refractivity contribution in [2.24, 2.45) is 5.92 Å². The molecule has 1 fully saturated rings. The second-order valence-electron chi connectivity index (χ2n) is 7.92. The maximum Gasteiger partial charge on any atom is 0.313 e. The molecule has 2 N–H and O–H groups in total. The number of carbonyl (C=O) groups excluding carboxylic acids is 2. The van der Waals surface area contributed by atoms with Gasteiger partial charge in [0.2, 0.25) is 0 Å². The van der Waals surface area contributed by atoms with Crippen molar-refractivity contribution in [2.45, 2.75) is 12.8 Å². The summed E-state index contributed by atoms with van der Waals surface area (Å²) in [5, 5.41) is 6.44. The van der Waals surface area contributed by atoms with Crippen LogP contribution in [0.15, 0.2) is 42.5 Å². The molecular formula is C23H24N4O4S. The number of anilines is 2. The van der Waals surface area contributed by atoms with Gasteiger partial charge < -0.3 is 25.0 Å². The molecule has 9 heteroatoms. The molecule has 1 aromatic heterocycles. The molecule has 0 aliphatic carbocycles. The van der Waals surface area contributed by atoms with E-state index in [0.717, 1.165) is 36.6 Å². The van der Waals surface area contributed by atoms with Gasteiger partial charge in [0.15, 0.2) is 16.6 Å². The van der Waals surface area contributed by atoms with Gasteiger partial charge in [-0.15, -0.1) is 0 Å². The molecule has 0 radical (unpaired) electrons. The van der Waals surface area contributed by atoms with Crippen LogP contribution in [0, 0.1) is 5.92 Å². The average molecular weight is 453 g/mol. The van der Waals surface area contributed by atoms with Crippen LogP contribution in [0.5, 0.6) is 11.5 Å². The van der Waals surface area contributed by atoms with Crippen molar-refractivity contribution in [3.63, 3.8) is 0 Å². The summed E-state index contributed by atoms with van der Waals surface area (Å²) in [5.41, 5.74) is 1.53. The lowest BCUT2D eigenvalue weighted by atomic mass is 9.97. The summed E-state index contributed by atoms with van der Waals surface area (Å²) in [4.78, 5) is 31.6. The Bertz CT molecular complexity index is 1110. The number of fused-ring (bicyclic) bond motifs is 2. The van der Waals surface area contributed by atoms with E-state index in [4.69, 9.17) is 14.5 Å². The Morgan fingerprint density at radius 2 is 1.81 bits per heavy atom. The Balaban J connectivity index is 1.09. The lowest BCUT2D eigenvalue weighted by Gasteiger charge is -2.31. The minimum Gasteiger partial charge on any atom is -0.486 e. The van der Waals surface area contributed by atoms with Gasteiger partial charge in [0.25, 0.3) is 0 Å². The summed E-state index contributed by atoms with van der Waals surface area (Å²) in [7, 11) is 0. The van der Waals surface area contributed by atoms with Gasteiger partial charge in [0.1, 0.15) is 13.2 Å². The van der Waals surface area contributed by atoms with Gasteiger partial charge in [0, 0.05) is 31.4 Å². The third-order valence-corrected chi connectivity index (χ3v) is 6.82. The normalized spacial score (nSPS) is 16.1. The molecule has 1 saturated heterocycles. The average Bonchev–Trinajstić information content (AvgIpc) is 3.27. The maximum atomic E-state index is 12.3. The molecule has 32 heavy (non-hydrogen) atoms. The summed E-state index contributed by atoms with van der Waals surface area (Å²) in [6.45, 7) is 3.23. The van der Waals surface area contributed by atoms with Crippen LogP contribution in [0.1, 0.15) is 12.8 Å². The largest absolute Gasteiger partial charge is 0.486 e. The number of amides is 2. The van der Waals surface area contributed by atoms with E-state index < -0.39 is 11.8 Å². The van der Waals surface area contributed by atoms with Crippen LogP contribution < -0.4 is 25.0 Å². The highest BCUT2D eigenvalue weighted by molar-refractivity contribution is 7.22. The molecule has 166 valence electrons. The predicted molar refractivity (Wildman–Crippen MR) is 124 cm³/mol. The number of piperidine rings is 1. The van der Waals surface area contributed by atoms with E-state index in [2.05, 4.69) is 21.6 Å². The van der Waals surface area contributed by atoms with E-state index in [0.29, 0.717) is 42.9 Å². The molecule has 2 amide bonds. The SMILES string of the molecule is O=C(NCC1CCN(c2nc3ccccc3s2)CC1)C(=O)Nc1ccc2c(c1)OCCO2. The smallest absolute Gasteiger partial charge is 0.313 e. The summed E-state index contributed by atoms with van der Waals surface area (Å²) in [5.74, 6) is 0.221. The summed E-state index contributed by atoms with van der Waals surface area (Å²) in [6.07, 6.45) is 1.89. The third-order valence-electron chi connectivity index (χ3n) is 5.73. The topological polar surface area (TPSA) is 92.8 Å². The molecule has 2 aliphatic heterocycles. The van der Waals surface area contributed by atoms with Crippen molar-refractivity contribution >= 4 is 44.2 Å². The van der Waals surface area contributed by atoms with E-state index >= 15 is 0 Å². The highest BCUT2D eigenvalue weighted by Gasteiger charge is 2.23. The number of ether oxygens (including phenoxy) is 2. The molecule has 5 rings (SSSR count). The molecule has 2 aromatic carbocycles. The van der Waals surface area contributed by atoms with Crippen molar-refractivity contribution in [3.05, 3.63) is 42.5 Å². The Kier molecular flexibility index (Phi) is 5.81. The Morgan fingerprint density at radius 3 is 2.62 bits per heavy atom. The molecule has 8 nitrogen and oxygen atoms in total. The number of hydrogen-bond donors (Lipinski definition) is 2. The zero-order valence-electron chi connectivity index (χ0n) is 17.5. The predicted octanol–water partition coefficient (Wildman–Crippen LogP) is 3.04. The lowest BCUT2D eigenvalue weighted by Crippen LogP contribution is -2.41. The Hall–Kier alpha value is -3.33. The maximum absolute atomic E-state index is 12.3. The highest BCUT2D eigenvalue weighted by Crippen LogP contribution is 2.33. The van der Waals surface area contributed by atoms with Gasteiger partial charge in [-0.25, -0.2) is 4.98 Å². The fourth-order valence-electron chi connectivity index (χ4n) is 3.95. The van der Waals surface area contributed by atoms with Crippen LogP contribution in [0.4, 0.5) is 10.8 Å². The summed E-state index contributed by atoms with van der Waals surface area (Å²) >= 11 is 1.71. The fraction of sp³-hybridized carbons (Fsp3) is 0.348. The molecule has 2 aliphatic rings. The van der Waals surface area contributed by atoms with Crippen molar-refractivity contribution in [1.82, 2.24) is 10.3 Å². The first-order valence-corrected chi connectivity index (χ1v) is 11.6. The van der Waals surface area contributed by atoms with Gasteiger partial charge in [-0.3, -0.25) is 9.59 Å². The lowest BCUT2D eigenvalue weighted by molar-refractivity contribution is -0.136. The Morgan fingerprint density at radius 1 is 1.03 bits per heavy atom. The number of aromatic nitrogens is 1. The monoisotopic (exact) mass is 452 g/mol. The number of benzene rings is 2. The van der Waals surface area contributed by atoms with Crippen LogP contribution in [0.2, 0.25) is 0 Å². The Labute approximate surface area is 189 Å². The number of carbonyl (C=O) groups is 2. The molecule has 0 spiro atoms. The van der Waals surface area contributed by atoms with E-state index in [9.17, 15) is 9.59 Å². The first-order valence-electron chi connectivity index (χ1n) is 10.7. The van der Waals surface area contributed by atoms with Gasteiger partial charge in [-0.1, -0.05) is 23.5 Å². The first kappa shape index (κ1) is 20.6. The number of para-hydroxylation sites is 1. The van der Waals surface area contributed by atoms with E-state index in [1.54, 1.807) is 29.5 Å². The van der Waals surface area contributed by atoms with Crippen LogP contribution in [0.25, 0.3) is 10.2 Å². The van der Waals surface area contributed by atoms with Crippen LogP contribution in [-0.2, 0) is 9.59 Å². The summed E-state index contributed by atoms with van der Waals surface area (Å²) < 4.78 is 12.2. The zero-order chi connectivity index (χ0) is 21.9. The summed E-state index contributed by atoms with van der Waals surface area (Å²) in [6, 6.07) is 13.2. The molecule has 0 bridgehead atoms. The molecule has 3 aromatic rings. The first-order chi connectivity index (χ1) is 15.7. The van der Waals surface area contributed by atoms with E-state index in [-0.39, 0.29) is 0 Å². The molecule has 0 saturated carbocycles. The van der Waals surface area contributed by atoms with E-state index in [1.165, 1.54) is 4.70 Å². The van der Waals surface area contributed by atoms with E-state index in [1.807, 2.05) is 18.2 Å². The minimum atomic E-state index is -0.686. The number of nitrogens with zero attached hydrogens (tertiary/aromatic N) is 2. The number of rotatable bonds is 4. The van der Waals surface area contributed by atoms with Gasteiger partial charge in [-0.05, 0) is 43.0 Å². The number of hydrogen-bond acceptors (Lipinski definition) is 7. The molecule has 0 unspecified atom stereocenters. The van der Waals surface area contributed by atoms with Crippen LogP contribution in [0.3, 0.4) is 0 Å². The number of nitrogens with one attached hydrogen (secondary N) is 2. The van der Waals surface area contributed by atoms with Gasteiger partial charge in [-0.2, -0.15) is 0 Å². The zero-order valence-corrected chi connectivity index (χ0v) is 18.3. The molecule has 0 atom stereocenters. The van der Waals surface area contributed by atoms with Crippen LogP contribution in [-0.4, -0.2) is 49.6 Å².